The van der Waals surface area contributed by atoms with E-state index in [4.69, 9.17) is 111 Å². The van der Waals surface area contributed by atoms with Gasteiger partial charge in [-0.3, -0.25) is 24.2 Å². The highest BCUT2D eigenvalue weighted by Gasteiger charge is 2.30. The Morgan fingerprint density at radius 3 is 0.908 bits per heavy atom. The lowest BCUT2D eigenvalue weighted by atomic mass is 10.0. The van der Waals surface area contributed by atoms with Crippen molar-refractivity contribution in [1.82, 2.24) is 20.4 Å². The van der Waals surface area contributed by atoms with Crippen molar-refractivity contribution in [2.24, 2.45) is 17.2 Å². The minimum Gasteiger partial charge on any atom is -0.460 e. The second-order valence-corrected chi connectivity index (χ2v) is 34.7. The topological polar surface area (TPSA) is 456 Å². The van der Waals surface area contributed by atoms with Gasteiger partial charge in [-0.2, -0.15) is 19.2 Å². The van der Waals surface area contributed by atoms with Crippen LogP contribution in [0.15, 0.2) is 143 Å². The first kappa shape index (κ1) is 107. The van der Waals surface area contributed by atoms with Crippen molar-refractivity contribution < 1.29 is 103 Å². The molecule has 708 valence electrons. The van der Waals surface area contributed by atoms with Crippen LogP contribution in [0.5, 0.6) is 0 Å². The fourth-order valence-corrected chi connectivity index (χ4v) is 13.9. The van der Waals surface area contributed by atoms with Crippen LogP contribution in [-0.4, -0.2) is 229 Å². The number of hydrogen-bond donors (Lipinski definition) is 6. The van der Waals surface area contributed by atoms with Gasteiger partial charge in [0, 0.05) is 196 Å². The number of piperazine rings is 4. The molecule has 0 bridgehead atoms. The number of nitrogens with zero attached hydrogens (tertiary/aromatic N) is 6. The molecular weight excluding hydrogens is 1720 g/mol. The van der Waals surface area contributed by atoms with E-state index in [0.29, 0.717) is 46.8 Å². The number of hydrogen-bond acceptors (Lipinski definition) is 31. The predicted octanol–water partition coefficient (Wildman–Crippen LogP) is 15.2. The standard InChI is InChI=1S/2C17H23N3O2.C15H18N2O3.C13H15N3O2.C11H11NO3.C10H18O5.C5H10Cl2.C4H8O.2CO2/c2*1-17(2,3)20-8-6-19(7-9-20)13-4-5-14-12(10-13)11-15(22-14)16(18)21;1-2-19-15(18)14-10-11-9-12(3-4-13(11)20-14)17-7-5-16-6-8-17;14-13(17)12-8-9-7-10(1-2-11(9)18-12)16-5-3-15-4-6-16;1-2-14-11(13)10-6-7-5-8(12)3-4-9(7)15-10;1-9(2,3)14-7(11)13-8(12)15-10(4,5)6;6-4-2-1-3-5-7;1-2-4-5-3-1;2*2-1-3/h2*4-5,10-11H,6-9H2,1-3H3,(H2,18,21);3-4,9-10,16H,2,5-8H2,1H3;1-2,7-8,15H,3-6H2,(H2,14,17);3-6H,2,12H2,1H3;1-6H3;1-5H2;1-4H2;;. The second kappa shape index (κ2) is 52.6. The average molecular weight is 1850 g/mol. The molecule has 5 aromatic heterocycles. The summed E-state index contributed by atoms with van der Waals surface area (Å²) in [6, 6.07) is 37.7. The maximum absolute atomic E-state index is 11.7. The number of unbranched alkanes of at least 4 members (excludes halogenated alkanes) is 2. The molecule has 3 amide bonds. The Morgan fingerprint density at radius 2 is 0.654 bits per heavy atom. The lowest BCUT2D eigenvalue weighted by Crippen LogP contribution is -2.53. The fourth-order valence-electron chi connectivity index (χ4n) is 13.5. The lowest BCUT2D eigenvalue weighted by Gasteiger charge is -2.43. The molecule has 130 heavy (non-hydrogen) atoms. The number of anilines is 5. The van der Waals surface area contributed by atoms with Crippen molar-refractivity contribution in [3.05, 3.63) is 150 Å². The molecule has 0 atom stereocenters. The summed E-state index contributed by atoms with van der Waals surface area (Å²) in [5.41, 5.74) is 29.1. The first-order valence-electron chi connectivity index (χ1n) is 43.1. The molecule has 36 heteroatoms. The Bertz CT molecular complexity index is 5150. The molecule has 5 fully saturated rings. The van der Waals surface area contributed by atoms with Crippen LogP contribution in [-0.2, 0) is 47.6 Å². The number of benzene rings is 5. The molecule has 0 saturated carbocycles. The summed E-state index contributed by atoms with van der Waals surface area (Å²) in [6.45, 7) is 46.0. The molecule has 5 aliphatic heterocycles. The number of furan rings is 5. The van der Waals surface area contributed by atoms with Gasteiger partial charge in [-0.1, -0.05) is 6.42 Å². The summed E-state index contributed by atoms with van der Waals surface area (Å²) >= 11 is 10.8. The van der Waals surface area contributed by atoms with Crippen molar-refractivity contribution in [1.29, 1.82) is 0 Å². The number of halogens is 2. The zero-order valence-electron chi connectivity index (χ0n) is 76.9. The van der Waals surface area contributed by atoms with E-state index in [9.17, 15) is 33.6 Å². The summed E-state index contributed by atoms with van der Waals surface area (Å²) < 4.78 is 55.6. The Hall–Kier alpha value is -12.0. The van der Waals surface area contributed by atoms with Crippen LogP contribution in [0.2, 0.25) is 0 Å². The number of ether oxygens (including phenoxy) is 6. The monoisotopic (exact) mass is 1840 g/mol. The summed E-state index contributed by atoms with van der Waals surface area (Å²) in [6.07, 6.45) is 4.32. The normalized spacial score (nSPS) is 14.6. The molecule has 10 aromatic rings. The molecular formula is C94H126Cl2N12O22. The van der Waals surface area contributed by atoms with Crippen LogP contribution in [0.4, 0.5) is 38.0 Å². The van der Waals surface area contributed by atoms with Gasteiger partial charge in [-0.25, -0.2) is 19.2 Å². The van der Waals surface area contributed by atoms with Gasteiger partial charge in [0.2, 0.25) is 11.5 Å². The molecule has 0 unspecified atom stereocenters. The van der Waals surface area contributed by atoms with Gasteiger partial charge in [0.05, 0.1) is 13.2 Å². The zero-order valence-corrected chi connectivity index (χ0v) is 78.4. The number of rotatable bonds is 15. The number of esters is 2. The Labute approximate surface area is 767 Å². The number of fused-ring (bicyclic) bond motifs is 5. The summed E-state index contributed by atoms with van der Waals surface area (Å²) in [5, 5.41) is 11.1. The van der Waals surface area contributed by atoms with Crippen LogP contribution in [0.1, 0.15) is 182 Å². The highest BCUT2D eigenvalue weighted by molar-refractivity contribution is 6.18. The van der Waals surface area contributed by atoms with Crippen LogP contribution in [0, 0.1) is 0 Å². The van der Waals surface area contributed by atoms with Gasteiger partial charge >= 0.3 is 36.6 Å². The quantitative estimate of drug-likeness (QED) is 0.0139. The molecule has 5 aromatic carbocycles. The van der Waals surface area contributed by atoms with E-state index in [2.05, 4.69) is 105 Å². The van der Waals surface area contributed by atoms with E-state index >= 15 is 0 Å². The largest absolute Gasteiger partial charge is 0.519 e. The first-order valence-corrected chi connectivity index (χ1v) is 44.1. The van der Waals surface area contributed by atoms with Crippen molar-refractivity contribution >= 4 is 161 Å². The van der Waals surface area contributed by atoms with Gasteiger partial charge in [0.15, 0.2) is 17.3 Å². The zero-order chi connectivity index (χ0) is 95.9. The fraction of sp³-hybridized carbons (Fsp3) is 0.479. The molecule has 34 nitrogen and oxygen atoms in total. The molecule has 0 aliphatic carbocycles. The van der Waals surface area contributed by atoms with E-state index in [1.807, 2.05) is 54.6 Å². The van der Waals surface area contributed by atoms with Gasteiger partial charge in [0.1, 0.15) is 39.1 Å². The number of primary amides is 3. The van der Waals surface area contributed by atoms with Crippen LogP contribution >= 0.6 is 23.2 Å². The Morgan fingerprint density at radius 1 is 0.385 bits per heavy atom. The molecule has 5 saturated heterocycles. The highest BCUT2D eigenvalue weighted by atomic mass is 35.5. The van der Waals surface area contributed by atoms with Gasteiger partial charge in [-0.15, -0.1) is 23.2 Å². The number of nitrogens with one attached hydrogen (secondary N) is 2. The summed E-state index contributed by atoms with van der Waals surface area (Å²) in [7, 11) is 0. The molecule has 5 aliphatic rings. The number of carbonyl (C=O) groups is 7. The van der Waals surface area contributed by atoms with Crippen LogP contribution < -0.4 is 53.2 Å². The van der Waals surface area contributed by atoms with Crippen LogP contribution in [0.3, 0.4) is 0 Å². The van der Waals surface area contributed by atoms with E-state index in [1.54, 1.807) is 104 Å². The third-order valence-corrected chi connectivity index (χ3v) is 20.4. The third-order valence-electron chi connectivity index (χ3n) is 19.9. The predicted molar refractivity (Wildman–Crippen MR) is 499 cm³/mol. The maximum atomic E-state index is 11.7. The van der Waals surface area contributed by atoms with Crippen molar-refractivity contribution in [2.75, 3.05) is 168 Å². The molecule has 10 N–H and O–H groups in total. The van der Waals surface area contributed by atoms with E-state index in [-0.39, 0.29) is 52.2 Å². The van der Waals surface area contributed by atoms with Crippen LogP contribution in [0.25, 0.3) is 54.8 Å². The molecule has 0 radical (unpaired) electrons. The smallest absolute Gasteiger partial charge is 0.460 e. The first-order chi connectivity index (χ1) is 61.6. The maximum Gasteiger partial charge on any atom is 0.519 e. The highest BCUT2D eigenvalue weighted by Crippen LogP contribution is 2.32. The van der Waals surface area contributed by atoms with E-state index < -0.39 is 53.2 Å². The second-order valence-electron chi connectivity index (χ2n) is 34.0. The van der Waals surface area contributed by atoms with Gasteiger partial charge < -0.3 is 104 Å². The lowest BCUT2D eigenvalue weighted by molar-refractivity contribution is -0.193. The Kier molecular flexibility index (Phi) is 43.2. The number of nitrogen functional groups attached to an aromatic ring is 1. The van der Waals surface area contributed by atoms with Crippen molar-refractivity contribution in [3.63, 3.8) is 0 Å². The molecule has 15 rings (SSSR count). The van der Waals surface area contributed by atoms with E-state index in [0.717, 1.165) is 192 Å². The van der Waals surface area contributed by atoms with Gasteiger partial charge in [0.25, 0.3) is 17.7 Å². The summed E-state index contributed by atoms with van der Waals surface area (Å²) in [5.74, 6) is 0.199. The number of carbonyl (C=O) groups excluding carboxylic acids is 11. The Balaban J connectivity index is 0.000000232. The number of nitrogens with two attached hydrogens (primary N) is 4. The van der Waals surface area contributed by atoms with Gasteiger partial charge in [-0.05, 0) is 244 Å². The van der Waals surface area contributed by atoms with Crippen molar-refractivity contribution in [2.45, 2.75) is 151 Å². The minimum atomic E-state index is -1.06. The SMILES string of the molecule is C1CCOC1.CC(C)(C)N1CCN(c2ccc3oc(C(N)=O)cc3c2)CC1.CC(C)(C)N1CCN(c2ccc3oc(C(N)=O)cc3c2)CC1.CC(C)(C)OC(=O)OC(=O)OC(C)(C)C.CCOC(=O)c1cc2cc(N)ccc2o1.CCOC(=O)c1cc2cc(N3CCNCC3)ccc2o1.ClCCCCCCl.NC(=O)c1cc2cc(N3CCNCC3)ccc2o1.O=C=O.O=C=O. The number of amides is 3. The molecule has 0 spiro atoms. The molecule has 10 heterocycles. The minimum absolute atomic E-state index is 0.206. The van der Waals surface area contributed by atoms with Crippen molar-refractivity contribution in [3.8, 4) is 0 Å². The number of alkyl halides is 2. The van der Waals surface area contributed by atoms with E-state index in [1.165, 1.54) is 19.3 Å². The average Bonchev–Trinajstić information content (AvgIpc) is 1.49. The third kappa shape index (κ3) is 36.2. The summed E-state index contributed by atoms with van der Waals surface area (Å²) in [4.78, 5) is 125.